The zero-order valence-corrected chi connectivity index (χ0v) is 45.8. The van der Waals surface area contributed by atoms with E-state index in [4.69, 9.17) is 0 Å². The summed E-state index contributed by atoms with van der Waals surface area (Å²) in [6, 6.07) is 0. The fraction of sp³-hybridized carbons (Fsp3) is 0.925. The number of aliphatic hydroxyl groups is 4. The second kappa shape index (κ2) is 24.2. The van der Waals surface area contributed by atoms with Gasteiger partial charge in [0.1, 0.15) is 24.4 Å². The van der Waals surface area contributed by atoms with Gasteiger partial charge < -0.3 is 20.4 Å². The van der Waals surface area contributed by atoms with E-state index in [2.05, 4.69) is 83.1 Å². The molecule has 4 N–H and O–H groups in total. The molecule has 0 radical (unpaired) electrons. The molecule has 0 aliphatic heterocycles. The predicted molar refractivity (Wildman–Crippen MR) is 259 cm³/mol. The van der Waals surface area contributed by atoms with Crippen molar-refractivity contribution in [3.8, 4) is 0 Å². The molecule has 0 fully saturated rings. The number of hydrogen-bond acceptors (Lipinski definition) is 8. The van der Waals surface area contributed by atoms with Crippen molar-refractivity contribution in [2.24, 2.45) is 66.5 Å². The van der Waals surface area contributed by atoms with Crippen LogP contribution >= 0.6 is 0 Å². The Morgan fingerprint density at radius 1 is 0.328 bits per heavy atom. The maximum atomic E-state index is 12.0. The van der Waals surface area contributed by atoms with Crippen LogP contribution in [0, 0.1) is 66.5 Å². The lowest BCUT2D eigenvalue weighted by molar-refractivity contribution is -0.142. The molecule has 0 aromatic rings. The fourth-order valence-electron chi connectivity index (χ4n) is 7.57. The van der Waals surface area contributed by atoms with Gasteiger partial charge in [-0.3, -0.25) is 19.2 Å². The Kier molecular flexibility index (Phi) is 26.2. The van der Waals surface area contributed by atoms with E-state index in [-0.39, 0.29) is 68.0 Å². The first-order chi connectivity index (χ1) is 26.1. The van der Waals surface area contributed by atoms with E-state index in [0.717, 1.165) is 25.7 Å². The van der Waals surface area contributed by atoms with Crippen LogP contribution in [0.1, 0.15) is 226 Å². The summed E-state index contributed by atoms with van der Waals surface area (Å²) in [5, 5.41) is 40.0. The Balaban J connectivity index is -0.000000355. The average molecular weight is 871 g/mol. The first-order valence-electron chi connectivity index (χ1n) is 23.0. The fourth-order valence-corrected chi connectivity index (χ4v) is 7.57. The number of aliphatic hydroxyl groups excluding tert-OH is 4. The molecule has 7 atom stereocenters. The van der Waals surface area contributed by atoms with Crippen LogP contribution in [-0.4, -0.2) is 68.0 Å². The molecule has 8 heteroatoms. The van der Waals surface area contributed by atoms with Crippen LogP contribution in [0.25, 0.3) is 0 Å². The predicted octanol–water partition coefficient (Wildman–Crippen LogP) is 12.5. The van der Waals surface area contributed by atoms with Crippen molar-refractivity contribution in [2.75, 3.05) is 0 Å². The van der Waals surface area contributed by atoms with E-state index in [1.54, 1.807) is 0 Å². The number of carbonyl (C=O) groups is 4. The van der Waals surface area contributed by atoms with Crippen molar-refractivity contribution >= 4 is 23.1 Å². The van der Waals surface area contributed by atoms with E-state index in [1.165, 1.54) is 0 Å². The quantitative estimate of drug-likeness (QED) is 0.151. The van der Waals surface area contributed by atoms with Gasteiger partial charge in [0.15, 0.2) is 23.1 Å². The highest BCUT2D eigenvalue weighted by atomic mass is 16.3. The van der Waals surface area contributed by atoms with Gasteiger partial charge in [0, 0.05) is 21.7 Å². The van der Waals surface area contributed by atoms with Crippen molar-refractivity contribution in [2.45, 2.75) is 251 Å². The Morgan fingerprint density at radius 3 is 0.639 bits per heavy atom. The van der Waals surface area contributed by atoms with Crippen molar-refractivity contribution in [3.63, 3.8) is 0 Å². The van der Waals surface area contributed by atoms with E-state index in [0.29, 0.717) is 0 Å². The molecule has 0 heterocycles. The van der Waals surface area contributed by atoms with Gasteiger partial charge in [-0.1, -0.05) is 201 Å². The minimum atomic E-state index is -0.883. The summed E-state index contributed by atoms with van der Waals surface area (Å²) in [4.78, 5) is 47.6. The highest BCUT2D eigenvalue weighted by Crippen LogP contribution is 2.38. The van der Waals surface area contributed by atoms with Crippen LogP contribution in [0.15, 0.2) is 0 Å². The monoisotopic (exact) mass is 871 g/mol. The lowest BCUT2D eigenvalue weighted by atomic mass is 9.69. The molecule has 0 aliphatic rings. The zero-order chi connectivity index (χ0) is 50.7. The Bertz CT molecular complexity index is 1200. The maximum absolute atomic E-state index is 12.0. The third kappa shape index (κ3) is 31.1. The SMILES string of the molecule is CC(C)(C)CC(C)(C)[C@H](O)C(=O)C(C)(C)C.C[C@@H](CC(C)(C)C)[C@@H](O)C(=O)C(C)(C)C.C[C@H](CC(C)(C)C)[C@@H](O)C(=O)C(C)(C)C.C[C@H](CC(C)(C)C)[C@H](O)C(=O)C(C)(C)C. The van der Waals surface area contributed by atoms with Gasteiger partial charge in [-0.15, -0.1) is 0 Å². The average Bonchev–Trinajstić information content (AvgIpc) is 2.97. The Hall–Kier alpha value is -1.48. The number of hydrogen-bond donors (Lipinski definition) is 4. The minimum Gasteiger partial charge on any atom is -0.385 e. The molecule has 0 amide bonds. The largest absolute Gasteiger partial charge is 0.385 e. The van der Waals surface area contributed by atoms with Gasteiger partial charge in [-0.2, -0.15) is 0 Å². The summed E-state index contributed by atoms with van der Waals surface area (Å²) in [5.74, 6) is -0.162. The molecule has 366 valence electrons. The van der Waals surface area contributed by atoms with E-state index >= 15 is 0 Å². The first-order valence-corrected chi connectivity index (χ1v) is 23.0. The summed E-state index contributed by atoms with van der Waals surface area (Å²) in [6.45, 7) is 57.5. The summed E-state index contributed by atoms with van der Waals surface area (Å²) in [5.41, 5.74) is -1.64. The van der Waals surface area contributed by atoms with Gasteiger partial charge in [0.05, 0.1) is 0 Å². The molecular formula is C53H106O8. The number of carbonyl (C=O) groups excluding carboxylic acids is 4. The maximum Gasteiger partial charge on any atom is 0.167 e. The number of rotatable bonds is 12. The minimum absolute atomic E-state index is 0.0247. The Morgan fingerprint density at radius 2 is 0.508 bits per heavy atom. The zero-order valence-electron chi connectivity index (χ0n) is 45.8. The van der Waals surface area contributed by atoms with E-state index < -0.39 is 46.1 Å². The molecule has 8 nitrogen and oxygen atoms in total. The lowest BCUT2D eigenvalue weighted by Crippen LogP contribution is -2.44. The first kappa shape index (κ1) is 66.1. The third-order valence-corrected chi connectivity index (χ3v) is 10.2. The van der Waals surface area contributed by atoms with Crippen LogP contribution in [-0.2, 0) is 19.2 Å². The van der Waals surface area contributed by atoms with Crippen LogP contribution in [0.5, 0.6) is 0 Å². The van der Waals surface area contributed by atoms with Crippen LogP contribution in [0.4, 0.5) is 0 Å². The van der Waals surface area contributed by atoms with Crippen LogP contribution < -0.4 is 0 Å². The molecule has 0 spiro atoms. The number of Topliss-reactive ketones (excluding diaryl/α,β-unsaturated/α-hetero) is 4. The van der Waals surface area contributed by atoms with Crippen molar-refractivity contribution in [3.05, 3.63) is 0 Å². The van der Waals surface area contributed by atoms with Gasteiger partial charge in [0.2, 0.25) is 0 Å². The molecule has 0 unspecified atom stereocenters. The smallest absolute Gasteiger partial charge is 0.167 e. The second-order valence-electron chi connectivity index (χ2n) is 28.1. The van der Waals surface area contributed by atoms with E-state index in [1.807, 2.05) is 118 Å². The Labute approximate surface area is 379 Å². The topological polar surface area (TPSA) is 149 Å². The molecule has 0 bridgehead atoms. The summed E-state index contributed by atoms with van der Waals surface area (Å²) < 4.78 is 0. The van der Waals surface area contributed by atoms with Gasteiger partial charge in [-0.25, -0.2) is 0 Å². The van der Waals surface area contributed by atoms with Crippen LogP contribution in [0.3, 0.4) is 0 Å². The number of ketones is 4. The standard InChI is InChI=1S/C14H28O2.3C13H26O2/c1-12(2,3)9-14(7,8)11(16)10(15)13(4,5)6;3*1-9(8-12(2,3)4)10(14)11(15)13(5,6)7/h11,16H,9H2,1-8H3;3*9-10,14H,8H2,1-7H3/t11-;2*9-,10+;9-,10-/m1101/s1. The molecule has 0 saturated heterocycles. The van der Waals surface area contributed by atoms with Gasteiger partial charge in [0.25, 0.3) is 0 Å². The van der Waals surface area contributed by atoms with E-state index in [9.17, 15) is 39.6 Å². The molecular weight excluding hydrogens is 765 g/mol. The summed E-state index contributed by atoms with van der Waals surface area (Å²) in [7, 11) is 0. The lowest BCUT2D eigenvalue weighted by Gasteiger charge is -2.37. The highest BCUT2D eigenvalue weighted by molar-refractivity contribution is 5.89. The normalized spacial score (nSPS) is 17.0. The third-order valence-electron chi connectivity index (χ3n) is 10.2. The molecule has 61 heavy (non-hydrogen) atoms. The second-order valence-corrected chi connectivity index (χ2v) is 28.1. The van der Waals surface area contributed by atoms with Crippen molar-refractivity contribution in [1.82, 2.24) is 0 Å². The molecule has 0 rings (SSSR count). The van der Waals surface area contributed by atoms with Gasteiger partial charge in [-0.05, 0) is 70.5 Å². The molecule has 0 saturated carbocycles. The molecule has 0 aliphatic carbocycles. The van der Waals surface area contributed by atoms with Crippen molar-refractivity contribution in [1.29, 1.82) is 0 Å². The van der Waals surface area contributed by atoms with Gasteiger partial charge >= 0.3 is 0 Å². The van der Waals surface area contributed by atoms with Crippen molar-refractivity contribution < 1.29 is 39.6 Å². The molecule has 0 aromatic heterocycles. The molecule has 0 aromatic carbocycles. The summed E-state index contributed by atoms with van der Waals surface area (Å²) in [6.07, 6.45) is 0.0229. The summed E-state index contributed by atoms with van der Waals surface area (Å²) >= 11 is 0. The van der Waals surface area contributed by atoms with Crippen LogP contribution in [0.2, 0.25) is 0 Å². The highest BCUT2D eigenvalue weighted by Gasteiger charge is 2.41.